The van der Waals surface area contributed by atoms with Crippen molar-refractivity contribution in [1.82, 2.24) is 4.90 Å². The molecule has 0 aromatic heterocycles. The summed E-state index contributed by atoms with van der Waals surface area (Å²) in [5.41, 5.74) is 1.66. The summed E-state index contributed by atoms with van der Waals surface area (Å²) in [5, 5.41) is 2.67. The van der Waals surface area contributed by atoms with Crippen LogP contribution < -0.4 is 14.8 Å². The second-order valence-electron chi connectivity index (χ2n) is 8.42. The number of rotatable bonds is 9. The topological polar surface area (TPSA) is 111 Å². The molecular formula is C28H21BrCl2N2O7S. The van der Waals surface area contributed by atoms with Gasteiger partial charge < -0.3 is 19.5 Å². The Morgan fingerprint density at radius 3 is 2.51 bits per heavy atom. The number of nitrogens with one attached hydrogen (secondary N) is 1. The van der Waals surface area contributed by atoms with Crippen LogP contribution in [0.2, 0.25) is 10.0 Å². The molecule has 3 amide bonds. The van der Waals surface area contributed by atoms with Crippen molar-refractivity contribution < 1.29 is 33.4 Å². The van der Waals surface area contributed by atoms with E-state index in [1.807, 2.05) is 18.2 Å². The Balaban J connectivity index is 1.46. The number of benzene rings is 3. The van der Waals surface area contributed by atoms with Crippen molar-refractivity contribution in [2.24, 2.45) is 0 Å². The number of esters is 1. The first-order valence-corrected chi connectivity index (χ1v) is 14.1. The normalized spacial score (nSPS) is 13.9. The molecule has 41 heavy (non-hydrogen) atoms. The van der Waals surface area contributed by atoms with E-state index < -0.39 is 29.6 Å². The van der Waals surface area contributed by atoms with E-state index in [9.17, 15) is 19.2 Å². The number of ether oxygens (including phenoxy) is 3. The van der Waals surface area contributed by atoms with Gasteiger partial charge in [0.1, 0.15) is 13.2 Å². The molecule has 1 heterocycles. The average Bonchev–Trinajstić information content (AvgIpc) is 3.20. The van der Waals surface area contributed by atoms with Crippen molar-refractivity contribution in [1.29, 1.82) is 0 Å². The van der Waals surface area contributed by atoms with Crippen molar-refractivity contribution in [2.75, 3.05) is 26.1 Å². The minimum absolute atomic E-state index is 0.0583. The lowest BCUT2D eigenvalue weighted by Crippen LogP contribution is -2.36. The number of amides is 3. The van der Waals surface area contributed by atoms with Crippen molar-refractivity contribution in [3.05, 3.63) is 90.7 Å². The molecule has 0 spiro atoms. The summed E-state index contributed by atoms with van der Waals surface area (Å²) in [7, 11) is 2.69. The zero-order chi connectivity index (χ0) is 29.7. The number of carbonyl (C=O) groups is 4. The van der Waals surface area contributed by atoms with Gasteiger partial charge >= 0.3 is 5.97 Å². The zero-order valence-electron chi connectivity index (χ0n) is 21.5. The molecule has 0 radical (unpaired) electrons. The van der Waals surface area contributed by atoms with Crippen LogP contribution in [0.25, 0.3) is 6.08 Å². The molecule has 1 fully saturated rings. The van der Waals surface area contributed by atoms with Crippen LogP contribution >= 0.6 is 50.9 Å². The van der Waals surface area contributed by atoms with Gasteiger partial charge in [0.25, 0.3) is 11.1 Å². The first kappa shape index (κ1) is 30.4. The molecule has 13 heteroatoms. The molecule has 1 aliphatic heterocycles. The Bertz CT molecular complexity index is 1580. The van der Waals surface area contributed by atoms with E-state index in [-0.39, 0.29) is 27.8 Å². The van der Waals surface area contributed by atoms with Crippen LogP contribution in [-0.4, -0.2) is 48.7 Å². The molecule has 212 valence electrons. The Hall–Kier alpha value is -3.51. The fourth-order valence-electron chi connectivity index (χ4n) is 3.73. The minimum Gasteiger partial charge on any atom is -0.493 e. The zero-order valence-corrected chi connectivity index (χ0v) is 25.4. The SMILES string of the molecule is COC(=O)c1cc(NC(=O)CN2C(=O)S/C(=C/c3cc(Br)c(OCc4ccccc4Cl)c(OC)c3)C2=O)ccc1Cl. The van der Waals surface area contributed by atoms with E-state index in [0.29, 0.717) is 38.3 Å². The van der Waals surface area contributed by atoms with Gasteiger partial charge in [-0.3, -0.25) is 19.3 Å². The lowest BCUT2D eigenvalue weighted by Gasteiger charge is -2.14. The van der Waals surface area contributed by atoms with Gasteiger partial charge in [0, 0.05) is 16.3 Å². The molecule has 3 aromatic carbocycles. The van der Waals surface area contributed by atoms with Crippen LogP contribution in [0.1, 0.15) is 21.5 Å². The molecule has 3 aromatic rings. The summed E-state index contributed by atoms with van der Waals surface area (Å²) in [4.78, 5) is 51.1. The molecule has 0 atom stereocenters. The van der Waals surface area contributed by atoms with E-state index in [2.05, 4.69) is 26.0 Å². The predicted molar refractivity (Wildman–Crippen MR) is 161 cm³/mol. The fourth-order valence-corrected chi connectivity index (χ4v) is 5.53. The van der Waals surface area contributed by atoms with Crippen LogP contribution in [0.15, 0.2) is 64.0 Å². The fraction of sp³-hybridized carbons (Fsp3) is 0.143. The number of imide groups is 1. The standard InChI is InChI=1S/C28H21BrCl2N2O7S/c1-38-22-10-15(9-19(29)25(22)40-14-16-5-3-4-6-20(16)30)11-23-26(35)33(28(37)41-23)13-24(34)32-17-7-8-21(31)18(12-17)27(36)39-2/h3-12H,13-14H2,1-2H3,(H,32,34)/b23-11+. The van der Waals surface area contributed by atoms with Crippen LogP contribution in [0.4, 0.5) is 10.5 Å². The second-order valence-corrected chi connectivity index (χ2v) is 11.1. The third-order valence-corrected chi connectivity index (χ3v) is 7.90. The lowest BCUT2D eigenvalue weighted by molar-refractivity contribution is -0.127. The van der Waals surface area contributed by atoms with Gasteiger partial charge in [-0.05, 0) is 75.7 Å². The van der Waals surface area contributed by atoms with Crippen molar-refractivity contribution in [2.45, 2.75) is 6.61 Å². The Labute approximate surface area is 257 Å². The third kappa shape index (κ3) is 7.23. The Kier molecular flexibility index (Phi) is 9.98. The molecule has 1 aliphatic rings. The Morgan fingerprint density at radius 1 is 1.05 bits per heavy atom. The largest absolute Gasteiger partial charge is 0.493 e. The number of thioether (sulfide) groups is 1. The third-order valence-electron chi connectivity index (χ3n) is 5.71. The molecule has 9 nitrogen and oxygen atoms in total. The van der Waals surface area contributed by atoms with Gasteiger partial charge in [-0.15, -0.1) is 0 Å². The molecular weight excluding hydrogens is 659 g/mol. The highest BCUT2D eigenvalue weighted by atomic mass is 79.9. The minimum atomic E-state index is -0.675. The summed E-state index contributed by atoms with van der Waals surface area (Å²) < 4.78 is 16.7. The van der Waals surface area contributed by atoms with E-state index >= 15 is 0 Å². The monoisotopic (exact) mass is 678 g/mol. The molecule has 1 N–H and O–H groups in total. The first-order chi connectivity index (χ1) is 19.6. The second kappa shape index (κ2) is 13.4. The van der Waals surface area contributed by atoms with Crippen LogP contribution in [0, 0.1) is 0 Å². The molecule has 0 aliphatic carbocycles. The van der Waals surface area contributed by atoms with Crippen LogP contribution in [-0.2, 0) is 20.9 Å². The highest BCUT2D eigenvalue weighted by Gasteiger charge is 2.36. The number of hydrogen-bond acceptors (Lipinski definition) is 8. The van der Waals surface area contributed by atoms with Gasteiger partial charge in [-0.25, -0.2) is 4.79 Å². The number of anilines is 1. The summed E-state index contributed by atoms with van der Waals surface area (Å²) in [5.74, 6) is -1.12. The van der Waals surface area contributed by atoms with Crippen molar-refractivity contribution in [3.8, 4) is 11.5 Å². The molecule has 0 saturated carbocycles. The van der Waals surface area contributed by atoms with Crippen LogP contribution in [0.5, 0.6) is 11.5 Å². The smallest absolute Gasteiger partial charge is 0.339 e. The molecule has 1 saturated heterocycles. The number of halogens is 3. The number of carbonyl (C=O) groups excluding carboxylic acids is 4. The maximum absolute atomic E-state index is 13.0. The van der Waals surface area contributed by atoms with Gasteiger partial charge in [0.15, 0.2) is 11.5 Å². The molecule has 0 bridgehead atoms. The number of hydrogen-bond donors (Lipinski definition) is 1. The maximum atomic E-state index is 13.0. The van der Waals surface area contributed by atoms with Gasteiger partial charge in [-0.1, -0.05) is 41.4 Å². The molecule has 4 rings (SSSR count). The predicted octanol–water partition coefficient (Wildman–Crippen LogP) is 6.81. The van der Waals surface area contributed by atoms with E-state index in [1.165, 1.54) is 38.5 Å². The van der Waals surface area contributed by atoms with Crippen molar-refractivity contribution in [3.63, 3.8) is 0 Å². The summed E-state index contributed by atoms with van der Waals surface area (Å²) in [6.07, 6.45) is 1.52. The highest BCUT2D eigenvalue weighted by molar-refractivity contribution is 9.10. The van der Waals surface area contributed by atoms with Gasteiger partial charge in [0.05, 0.1) is 34.2 Å². The summed E-state index contributed by atoms with van der Waals surface area (Å²) in [6, 6.07) is 14.9. The summed E-state index contributed by atoms with van der Waals surface area (Å²) >= 11 is 16.4. The highest BCUT2D eigenvalue weighted by Crippen LogP contribution is 2.39. The van der Waals surface area contributed by atoms with Gasteiger partial charge in [0.2, 0.25) is 5.91 Å². The number of nitrogens with zero attached hydrogens (tertiary/aromatic N) is 1. The first-order valence-electron chi connectivity index (χ1n) is 11.8. The van der Waals surface area contributed by atoms with Crippen LogP contribution in [0.3, 0.4) is 0 Å². The van der Waals surface area contributed by atoms with E-state index in [0.717, 1.165) is 10.5 Å². The van der Waals surface area contributed by atoms with E-state index in [4.69, 9.17) is 32.7 Å². The lowest BCUT2D eigenvalue weighted by atomic mass is 10.1. The quantitative estimate of drug-likeness (QED) is 0.194. The van der Waals surface area contributed by atoms with E-state index in [1.54, 1.807) is 18.2 Å². The maximum Gasteiger partial charge on any atom is 0.339 e. The molecule has 0 unspecified atom stereocenters. The Morgan fingerprint density at radius 2 is 1.80 bits per heavy atom. The average molecular weight is 680 g/mol. The number of methoxy groups -OCH3 is 2. The van der Waals surface area contributed by atoms with Gasteiger partial charge in [-0.2, -0.15) is 0 Å². The summed E-state index contributed by atoms with van der Waals surface area (Å²) in [6.45, 7) is -0.324. The van der Waals surface area contributed by atoms with Crippen molar-refractivity contribution >= 4 is 85.7 Å².